The summed E-state index contributed by atoms with van der Waals surface area (Å²) in [6.07, 6.45) is 0. The lowest BCUT2D eigenvalue weighted by atomic mass is 9.82. The SMILES string of the molecule is CC1(C)c2ccccc2-c2ccc(N(c3ccc(-c4ccc(-c5ccc(-c6cccs6)c6nsnc56)s4)cc3)c3ccc4c(c3)C(C)(C)c3ccccc3-4)cc21. The lowest BCUT2D eigenvalue weighted by Gasteiger charge is -2.30. The Balaban J connectivity index is 0.995. The van der Waals surface area contributed by atoms with Crippen LogP contribution in [-0.4, -0.2) is 8.75 Å². The van der Waals surface area contributed by atoms with Crippen LogP contribution in [0.25, 0.3) is 64.6 Å². The Morgan fingerprint density at radius 2 is 0.929 bits per heavy atom. The number of nitrogens with zero attached hydrogens (tertiary/aromatic N) is 3. The molecule has 0 bridgehead atoms. The first kappa shape index (κ1) is 33.7. The van der Waals surface area contributed by atoms with Gasteiger partial charge in [-0.15, -0.1) is 22.7 Å². The summed E-state index contributed by atoms with van der Waals surface area (Å²) < 4.78 is 9.47. The minimum absolute atomic E-state index is 0.0969. The molecule has 0 unspecified atom stereocenters. The number of thiophene rings is 2. The highest BCUT2D eigenvalue weighted by Crippen LogP contribution is 2.53. The van der Waals surface area contributed by atoms with Crippen molar-refractivity contribution in [3.8, 4) is 53.6 Å². The molecule has 9 aromatic rings. The van der Waals surface area contributed by atoms with Gasteiger partial charge in [-0.1, -0.05) is 119 Å². The lowest BCUT2D eigenvalue weighted by Crippen LogP contribution is -2.18. The van der Waals surface area contributed by atoms with E-state index < -0.39 is 0 Å². The number of hydrogen-bond donors (Lipinski definition) is 0. The molecule has 2 aliphatic carbocycles. The van der Waals surface area contributed by atoms with Crippen molar-refractivity contribution < 1.29 is 0 Å². The maximum Gasteiger partial charge on any atom is 0.114 e. The molecule has 3 nitrogen and oxygen atoms in total. The highest BCUT2D eigenvalue weighted by Gasteiger charge is 2.37. The van der Waals surface area contributed by atoms with Crippen molar-refractivity contribution in [3.05, 3.63) is 173 Å². The van der Waals surface area contributed by atoms with E-state index in [0.717, 1.165) is 39.2 Å². The molecular weight excluding hydrogens is 739 g/mol. The van der Waals surface area contributed by atoms with E-state index in [2.05, 4.69) is 184 Å². The van der Waals surface area contributed by atoms with Gasteiger partial charge in [0, 0.05) is 53.7 Å². The Labute approximate surface area is 339 Å². The first-order chi connectivity index (χ1) is 27.3. The summed E-state index contributed by atoms with van der Waals surface area (Å²) in [6, 6.07) is 54.2. The molecule has 11 rings (SSSR count). The highest BCUT2D eigenvalue weighted by atomic mass is 32.1. The van der Waals surface area contributed by atoms with Gasteiger partial charge in [0.15, 0.2) is 0 Å². The molecular formula is C50H37N3S3. The van der Waals surface area contributed by atoms with Crippen molar-refractivity contribution in [1.29, 1.82) is 0 Å². The third-order valence-electron chi connectivity index (χ3n) is 12.1. The molecule has 0 radical (unpaired) electrons. The monoisotopic (exact) mass is 775 g/mol. The predicted octanol–water partition coefficient (Wildman–Crippen LogP) is 14.9. The number of fused-ring (bicyclic) bond motifs is 7. The predicted molar refractivity (Wildman–Crippen MR) is 239 cm³/mol. The van der Waals surface area contributed by atoms with E-state index in [-0.39, 0.29) is 10.8 Å². The van der Waals surface area contributed by atoms with Crippen LogP contribution in [0.5, 0.6) is 0 Å². The van der Waals surface area contributed by atoms with Gasteiger partial charge in [0.25, 0.3) is 0 Å². The van der Waals surface area contributed by atoms with Gasteiger partial charge in [-0.3, -0.25) is 0 Å². The van der Waals surface area contributed by atoms with E-state index in [1.54, 1.807) is 11.3 Å². The Morgan fingerprint density at radius 3 is 1.50 bits per heavy atom. The minimum Gasteiger partial charge on any atom is -0.310 e. The van der Waals surface area contributed by atoms with Crippen LogP contribution in [0.1, 0.15) is 49.9 Å². The third kappa shape index (κ3) is 4.99. The van der Waals surface area contributed by atoms with Gasteiger partial charge in [0.05, 0.1) is 11.7 Å². The number of benzene rings is 6. The van der Waals surface area contributed by atoms with Crippen LogP contribution >= 0.6 is 34.4 Å². The van der Waals surface area contributed by atoms with E-state index in [1.807, 2.05) is 11.3 Å². The Bertz CT molecular complexity index is 2880. The average molecular weight is 776 g/mol. The Kier molecular flexibility index (Phi) is 7.47. The van der Waals surface area contributed by atoms with Crippen LogP contribution in [-0.2, 0) is 10.8 Å². The Hall–Kier alpha value is -5.66. The summed E-state index contributed by atoms with van der Waals surface area (Å²) in [7, 11) is 0. The fraction of sp³-hybridized carbons (Fsp3) is 0.120. The van der Waals surface area contributed by atoms with Crippen LogP contribution in [0, 0.1) is 0 Å². The summed E-state index contributed by atoms with van der Waals surface area (Å²) >= 11 is 4.83. The molecule has 0 saturated carbocycles. The van der Waals surface area contributed by atoms with E-state index in [1.165, 1.54) is 76.4 Å². The normalized spacial score (nSPS) is 14.4. The maximum atomic E-state index is 4.76. The van der Waals surface area contributed by atoms with Gasteiger partial charge in [-0.05, 0) is 110 Å². The van der Waals surface area contributed by atoms with Crippen LogP contribution in [0.4, 0.5) is 17.1 Å². The molecule has 56 heavy (non-hydrogen) atoms. The summed E-state index contributed by atoms with van der Waals surface area (Å²) in [6.45, 7) is 9.44. The van der Waals surface area contributed by atoms with Gasteiger partial charge in [0.2, 0.25) is 0 Å². The summed E-state index contributed by atoms with van der Waals surface area (Å²) in [5.41, 5.74) is 19.6. The quantitative estimate of drug-likeness (QED) is 0.168. The number of rotatable bonds is 6. The summed E-state index contributed by atoms with van der Waals surface area (Å²) in [5.74, 6) is 0. The van der Waals surface area contributed by atoms with Crippen molar-refractivity contribution >= 4 is 62.5 Å². The first-order valence-corrected chi connectivity index (χ1v) is 21.5. The first-order valence-electron chi connectivity index (χ1n) is 19.1. The van der Waals surface area contributed by atoms with Crippen LogP contribution in [0.3, 0.4) is 0 Å². The molecule has 6 aromatic carbocycles. The second-order valence-corrected chi connectivity index (χ2v) is 18.5. The molecule has 6 heteroatoms. The Morgan fingerprint density at radius 1 is 0.429 bits per heavy atom. The number of anilines is 3. The molecule has 270 valence electrons. The molecule has 0 saturated heterocycles. The second kappa shape index (κ2) is 12.4. The number of hydrogen-bond acceptors (Lipinski definition) is 6. The molecule has 3 aromatic heterocycles. The summed E-state index contributed by atoms with van der Waals surface area (Å²) in [4.78, 5) is 6.09. The molecule has 3 heterocycles. The van der Waals surface area contributed by atoms with Crippen molar-refractivity contribution in [2.45, 2.75) is 38.5 Å². The van der Waals surface area contributed by atoms with Gasteiger partial charge in [0.1, 0.15) is 11.0 Å². The van der Waals surface area contributed by atoms with Crippen LogP contribution in [0.2, 0.25) is 0 Å². The maximum absolute atomic E-state index is 4.76. The van der Waals surface area contributed by atoms with Crippen LogP contribution < -0.4 is 4.90 Å². The third-order valence-corrected chi connectivity index (χ3v) is 14.7. The van der Waals surface area contributed by atoms with Crippen LogP contribution in [0.15, 0.2) is 151 Å². The second-order valence-electron chi connectivity index (χ2n) is 15.9. The van der Waals surface area contributed by atoms with E-state index in [0.29, 0.717) is 0 Å². The smallest absolute Gasteiger partial charge is 0.114 e. The summed E-state index contributed by atoms with van der Waals surface area (Å²) in [5, 5.41) is 2.11. The standard InChI is InChI=1S/C50H37N3S3/c1-49(2)40-12-7-5-10-34(40)36-21-19-32(28-42(36)49)53(33-20-22-37-35-11-6-8-13-41(35)50(3,4)43(37)29-33)31-17-15-30(16-18-31)44-25-26-46(55-44)39-24-23-38(45-14-9-27-54-45)47-48(39)52-56-51-47/h5-29H,1-4H3. The molecule has 0 atom stereocenters. The lowest BCUT2D eigenvalue weighted by molar-refractivity contribution is 0.660. The zero-order chi connectivity index (χ0) is 37.8. The zero-order valence-corrected chi connectivity index (χ0v) is 33.9. The van der Waals surface area contributed by atoms with E-state index >= 15 is 0 Å². The molecule has 0 N–H and O–H groups in total. The minimum atomic E-state index is -0.0969. The van der Waals surface area contributed by atoms with Crippen molar-refractivity contribution in [2.24, 2.45) is 0 Å². The highest BCUT2D eigenvalue weighted by molar-refractivity contribution is 7.19. The van der Waals surface area contributed by atoms with E-state index in [4.69, 9.17) is 8.75 Å². The van der Waals surface area contributed by atoms with Gasteiger partial charge < -0.3 is 4.90 Å². The zero-order valence-electron chi connectivity index (χ0n) is 31.5. The molecule has 0 fully saturated rings. The van der Waals surface area contributed by atoms with Gasteiger partial charge >= 0.3 is 0 Å². The number of aromatic nitrogens is 2. The largest absolute Gasteiger partial charge is 0.310 e. The van der Waals surface area contributed by atoms with Gasteiger partial charge in [-0.25, -0.2) is 0 Å². The molecule has 0 aliphatic heterocycles. The van der Waals surface area contributed by atoms with Crippen molar-refractivity contribution in [1.82, 2.24) is 8.75 Å². The topological polar surface area (TPSA) is 29.0 Å². The van der Waals surface area contributed by atoms with Crippen molar-refractivity contribution in [2.75, 3.05) is 4.90 Å². The van der Waals surface area contributed by atoms with Crippen molar-refractivity contribution in [3.63, 3.8) is 0 Å². The molecule has 0 spiro atoms. The molecule has 0 amide bonds. The fourth-order valence-electron chi connectivity index (χ4n) is 9.22. The van der Waals surface area contributed by atoms with E-state index in [9.17, 15) is 0 Å². The fourth-order valence-corrected chi connectivity index (χ4v) is 11.6. The molecule has 2 aliphatic rings. The average Bonchev–Trinajstić information content (AvgIpc) is 4.08. The van der Waals surface area contributed by atoms with Gasteiger partial charge in [-0.2, -0.15) is 8.75 Å².